The average Bonchev–Trinajstić information content (AvgIpc) is 2.55. The molecule has 1 aromatic heterocycles. The lowest BCUT2D eigenvalue weighted by molar-refractivity contribution is 0.104. The van der Waals surface area contributed by atoms with Gasteiger partial charge < -0.3 is 0 Å². The zero-order valence-electron chi connectivity index (χ0n) is 8.76. The maximum absolute atomic E-state index is 12.3. The molecular weight excluding hydrogens is 432 g/mol. The van der Waals surface area contributed by atoms with E-state index in [9.17, 15) is 4.79 Å². The van der Waals surface area contributed by atoms with Crippen LogP contribution in [-0.4, -0.2) is 5.78 Å². The molecule has 0 fully saturated rings. The fourth-order valence-corrected chi connectivity index (χ4v) is 4.53. The SMILES string of the molecule is Cc1cc(Br)c(C(=O)c2cc(Br)cc(Br)c2)s1. The molecule has 0 N–H and O–H groups in total. The summed E-state index contributed by atoms with van der Waals surface area (Å²) in [6, 6.07) is 7.53. The highest BCUT2D eigenvalue weighted by atomic mass is 79.9. The first-order chi connectivity index (χ1) is 7.97. The van der Waals surface area contributed by atoms with Crippen LogP contribution >= 0.6 is 59.1 Å². The normalized spacial score (nSPS) is 10.6. The molecule has 0 bridgehead atoms. The van der Waals surface area contributed by atoms with Crippen LogP contribution in [0.5, 0.6) is 0 Å². The summed E-state index contributed by atoms with van der Waals surface area (Å²) in [5, 5.41) is 0. The maximum Gasteiger partial charge on any atom is 0.204 e. The van der Waals surface area contributed by atoms with Gasteiger partial charge in [-0.05, 0) is 47.1 Å². The van der Waals surface area contributed by atoms with E-state index in [-0.39, 0.29) is 5.78 Å². The van der Waals surface area contributed by atoms with Gasteiger partial charge in [0.05, 0.1) is 4.88 Å². The Morgan fingerprint density at radius 3 is 2.12 bits per heavy atom. The lowest BCUT2D eigenvalue weighted by atomic mass is 10.1. The van der Waals surface area contributed by atoms with E-state index in [1.807, 2.05) is 31.2 Å². The van der Waals surface area contributed by atoms with Crippen LogP contribution in [0.3, 0.4) is 0 Å². The maximum atomic E-state index is 12.3. The second-order valence-electron chi connectivity index (χ2n) is 3.52. The number of aryl methyl sites for hydroxylation is 1. The van der Waals surface area contributed by atoms with Crippen LogP contribution in [0, 0.1) is 6.92 Å². The topological polar surface area (TPSA) is 17.1 Å². The molecule has 1 heterocycles. The van der Waals surface area contributed by atoms with Crippen molar-refractivity contribution in [1.29, 1.82) is 0 Å². The van der Waals surface area contributed by atoms with E-state index in [0.717, 1.165) is 23.2 Å². The zero-order chi connectivity index (χ0) is 12.6. The third-order valence-corrected chi connectivity index (χ3v) is 4.99. The molecule has 88 valence electrons. The number of hydrogen-bond donors (Lipinski definition) is 0. The summed E-state index contributed by atoms with van der Waals surface area (Å²) < 4.78 is 2.64. The van der Waals surface area contributed by atoms with Crippen LogP contribution < -0.4 is 0 Å². The Kier molecular flexibility index (Phi) is 4.23. The van der Waals surface area contributed by atoms with Crippen molar-refractivity contribution in [3.63, 3.8) is 0 Å². The fraction of sp³-hybridized carbons (Fsp3) is 0.0833. The molecule has 2 aromatic rings. The first kappa shape index (κ1) is 13.5. The molecule has 0 aliphatic carbocycles. The summed E-state index contributed by atoms with van der Waals surface area (Å²) in [5.74, 6) is 0.0389. The zero-order valence-corrected chi connectivity index (χ0v) is 14.3. The van der Waals surface area contributed by atoms with E-state index in [0.29, 0.717) is 5.56 Å². The van der Waals surface area contributed by atoms with Gasteiger partial charge in [0.15, 0.2) is 0 Å². The predicted molar refractivity (Wildman–Crippen MR) is 82.0 cm³/mol. The van der Waals surface area contributed by atoms with Gasteiger partial charge in [0, 0.05) is 23.9 Å². The number of thiophene rings is 1. The number of benzene rings is 1. The third-order valence-electron chi connectivity index (χ3n) is 2.14. The van der Waals surface area contributed by atoms with Gasteiger partial charge in [0.2, 0.25) is 5.78 Å². The van der Waals surface area contributed by atoms with Crippen molar-refractivity contribution >= 4 is 64.9 Å². The number of carbonyl (C=O) groups excluding carboxylic acids is 1. The van der Waals surface area contributed by atoms with Crippen molar-refractivity contribution in [1.82, 2.24) is 0 Å². The van der Waals surface area contributed by atoms with Crippen LogP contribution in [0.4, 0.5) is 0 Å². The summed E-state index contributed by atoms with van der Waals surface area (Å²) in [7, 11) is 0. The minimum Gasteiger partial charge on any atom is -0.288 e. The van der Waals surface area contributed by atoms with E-state index in [1.165, 1.54) is 11.3 Å². The lowest BCUT2D eigenvalue weighted by Gasteiger charge is -2.01. The molecule has 2 rings (SSSR count). The highest BCUT2D eigenvalue weighted by Crippen LogP contribution is 2.30. The first-order valence-electron chi connectivity index (χ1n) is 4.74. The van der Waals surface area contributed by atoms with E-state index in [1.54, 1.807) is 0 Å². The standard InChI is InChI=1S/C12H7Br3OS/c1-6-2-10(15)12(17-6)11(16)7-3-8(13)5-9(14)4-7/h2-5H,1H3. The molecule has 0 saturated carbocycles. The predicted octanol–water partition coefficient (Wildman–Crippen LogP) is 5.58. The van der Waals surface area contributed by atoms with Gasteiger partial charge in [-0.25, -0.2) is 0 Å². The van der Waals surface area contributed by atoms with Gasteiger partial charge in [0.25, 0.3) is 0 Å². The van der Waals surface area contributed by atoms with Crippen LogP contribution in [-0.2, 0) is 0 Å². The second kappa shape index (κ2) is 5.34. The van der Waals surface area contributed by atoms with Crippen LogP contribution in [0.1, 0.15) is 20.1 Å². The molecule has 0 unspecified atom stereocenters. The van der Waals surface area contributed by atoms with Gasteiger partial charge in [0.1, 0.15) is 0 Å². The molecule has 0 saturated heterocycles. The first-order valence-corrected chi connectivity index (χ1v) is 7.93. The van der Waals surface area contributed by atoms with Crippen LogP contribution in [0.2, 0.25) is 0 Å². The summed E-state index contributed by atoms with van der Waals surface area (Å²) in [4.78, 5) is 14.2. The van der Waals surface area contributed by atoms with E-state index in [2.05, 4.69) is 47.8 Å². The lowest BCUT2D eigenvalue weighted by Crippen LogP contribution is -1.99. The van der Waals surface area contributed by atoms with Gasteiger partial charge >= 0.3 is 0 Å². The Morgan fingerprint density at radius 2 is 1.65 bits per heavy atom. The third kappa shape index (κ3) is 3.08. The minimum atomic E-state index is 0.0389. The van der Waals surface area contributed by atoms with Crippen molar-refractivity contribution in [2.75, 3.05) is 0 Å². The molecule has 0 atom stereocenters. The van der Waals surface area contributed by atoms with Crippen molar-refractivity contribution < 1.29 is 4.79 Å². The summed E-state index contributed by atoms with van der Waals surface area (Å²) in [6.45, 7) is 1.99. The minimum absolute atomic E-state index is 0.0389. The molecule has 0 aliphatic heterocycles. The van der Waals surface area contributed by atoms with E-state index >= 15 is 0 Å². The molecular formula is C12H7Br3OS. The molecule has 0 aliphatic rings. The van der Waals surface area contributed by atoms with Gasteiger partial charge in [-0.2, -0.15) is 0 Å². The molecule has 1 aromatic carbocycles. The summed E-state index contributed by atoms with van der Waals surface area (Å²) in [6.07, 6.45) is 0. The molecule has 0 amide bonds. The quantitative estimate of drug-likeness (QED) is 0.560. The van der Waals surface area contributed by atoms with Crippen LogP contribution in [0.15, 0.2) is 37.7 Å². The monoisotopic (exact) mass is 436 g/mol. The molecule has 0 spiro atoms. The number of ketones is 1. The highest BCUT2D eigenvalue weighted by molar-refractivity contribution is 9.11. The smallest absolute Gasteiger partial charge is 0.204 e. The largest absolute Gasteiger partial charge is 0.288 e. The highest BCUT2D eigenvalue weighted by Gasteiger charge is 2.16. The Morgan fingerprint density at radius 1 is 1.06 bits per heavy atom. The Hall–Kier alpha value is 0.0300. The van der Waals surface area contributed by atoms with E-state index in [4.69, 9.17) is 0 Å². The number of halogens is 3. The molecule has 17 heavy (non-hydrogen) atoms. The fourth-order valence-electron chi connectivity index (χ4n) is 1.45. The van der Waals surface area contributed by atoms with E-state index < -0.39 is 0 Å². The van der Waals surface area contributed by atoms with Gasteiger partial charge in [-0.1, -0.05) is 31.9 Å². The number of rotatable bonds is 2. The average molecular weight is 439 g/mol. The van der Waals surface area contributed by atoms with Crippen molar-refractivity contribution in [3.8, 4) is 0 Å². The Bertz CT molecular complexity index is 569. The van der Waals surface area contributed by atoms with Crippen molar-refractivity contribution in [2.45, 2.75) is 6.92 Å². The van der Waals surface area contributed by atoms with Gasteiger partial charge in [-0.3, -0.25) is 4.79 Å². The van der Waals surface area contributed by atoms with Gasteiger partial charge in [-0.15, -0.1) is 11.3 Å². The second-order valence-corrected chi connectivity index (χ2v) is 7.46. The molecule has 0 radical (unpaired) electrons. The van der Waals surface area contributed by atoms with Crippen molar-refractivity contribution in [2.24, 2.45) is 0 Å². The summed E-state index contributed by atoms with van der Waals surface area (Å²) >= 11 is 11.7. The molecule has 5 heteroatoms. The Balaban J connectivity index is 2.47. The number of hydrogen-bond acceptors (Lipinski definition) is 2. The number of carbonyl (C=O) groups is 1. The summed E-state index contributed by atoms with van der Waals surface area (Å²) in [5.41, 5.74) is 0.675. The molecule has 1 nitrogen and oxygen atoms in total. The van der Waals surface area contributed by atoms with Crippen molar-refractivity contribution in [3.05, 3.63) is 53.0 Å². The Labute approximate surface area is 129 Å². The van der Waals surface area contributed by atoms with Crippen LogP contribution in [0.25, 0.3) is 0 Å².